The average molecular weight is 1380 g/mol. The van der Waals surface area contributed by atoms with Gasteiger partial charge in [-0.05, 0) is 110 Å². The normalized spacial score (nSPS) is 18.6. The van der Waals surface area contributed by atoms with Crippen LogP contribution < -0.4 is 43.2 Å². The van der Waals surface area contributed by atoms with E-state index in [2.05, 4.69) is 35.5 Å². The van der Waals surface area contributed by atoms with Gasteiger partial charge in [-0.25, -0.2) is 42.3 Å². The van der Waals surface area contributed by atoms with E-state index in [-0.39, 0.29) is 100 Å². The Morgan fingerprint density at radius 2 is 1.42 bits per heavy atom. The van der Waals surface area contributed by atoms with E-state index in [9.17, 15) is 47.7 Å². The molecule has 1 aliphatic carbocycles. The van der Waals surface area contributed by atoms with Crippen LogP contribution in [-0.2, 0) is 48.6 Å². The zero-order chi connectivity index (χ0) is 69.8. The Labute approximate surface area is 569 Å². The van der Waals surface area contributed by atoms with Gasteiger partial charge in [-0.3, -0.25) is 9.36 Å². The van der Waals surface area contributed by atoms with Crippen LogP contribution in [0.25, 0.3) is 33.1 Å². The van der Waals surface area contributed by atoms with Gasteiger partial charge in [0, 0.05) is 92.6 Å². The van der Waals surface area contributed by atoms with Gasteiger partial charge in [0.1, 0.15) is 42.8 Å². The molecule has 4 atom stereocenters. The Hall–Kier alpha value is -8.81. The lowest BCUT2D eigenvalue weighted by atomic mass is 9.86. The van der Waals surface area contributed by atoms with Crippen LogP contribution in [-0.4, -0.2) is 220 Å². The quantitative estimate of drug-likeness (QED) is 0.0254. The predicted octanol–water partition coefficient (Wildman–Crippen LogP) is 6.62. The van der Waals surface area contributed by atoms with Crippen LogP contribution in [0, 0.1) is 5.92 Å². The summed E-state index contributed by atoms with van der Waals surface area (Å²) in [6, 6.07) is 16.0. The fourth-order valence-electron chi connectivity index (χ4n) is 12.5. The number of anilines is 2. The maximum Gasteiger partial charge on any atom is 0.415 e. The van der Waals surface area contributed by atoms with Crippen molar-refractivity contribution in [3.8, 4) is 40.0 Å². The van der Waals surface area contributed by atoms with Gasteiger partial charge in [0.25, 0.3) is 0 Å². The highest BCUT2D eigenvalue weighted by Gasteiger charge is 2.40. The Bertz CT molecular complexity index is 3940. The molecule has 30 heteroatoms. The zero-order valence-electron chi connectivity index (χ0n) is 56.6. The van der Waals surface area contributed by atoms with Gasteiger partial charge in [-0.15, -0.1) is 0 Å². The van der Waals surface area contributed by atoms with Crippen LogP contribution in [0.5, 0.6) is 28.7 Å². The van der Waals surface area contributed by atoms with Crippen molar-refractivity contribution in [3.63, 3.8) is 0 Å². The molecular formula is C68H90N11O18S+. The molecule has 10 rings (SSSR count). The fourth-order valence-corrected chi connectivity index (χ4v) is 13.6. The number of nitrogens with one attached hydrogen (secondary N) is 2. The highest BCUT2D eigenvalue weighted by Crippen LogP contribution is 2.42. The molecule has 6 aromatic rings. The van der Waals surface area contributed by atoms with Crippen LogP contribution in [0.4, 0.5) is 30.7 Å². The van der Waals surface area contributed by atoms with Crippen molar-refractivity contribution in [1.29, 1.82) is 0 Å². The first kappa shape index (κ1) is 71.9. The topological polar surface area (TPSA) is 329 Å². The summed E-state index contributed by atoms with van der Waals surface area (Å²) >= 11 is 0. The second-order valence-corrected chi connectivity index (χ2v) is 27.4. The standard InChI is InChI=1S/C68H89N11O18S/c1-69-98(88,89)40-43-16-20-47(21-17-43)77(6)62-48-25-27-79(63(48)71-41-70-62)65(84)73(2)28-29-75(4)67(86)93-38-44-18-22-54(96-64-60(83)59(82)53(80)39-92-64)51(33-44)72-58(81)15-13-11-9-8-10-12-14-32-91-66(85)74(3)30-31-76(5)68(87)97-61-50-37-78-26-24-46-35-56-57(95-42-94-56)36-49(46)52(78)34-45(50)19-23-55(61)90-7/h18-19,22-23,25,27,33-37,41,43,47,53,59-60,64,69,80,82-83H,8-17,20-21,24,26,28-32,38-40,42H2,1-7H3/p+1/t43?,47?,53-,59+,60-,64+/m1/s1. The van der Waals surface area contributed by atoms with Crippen molar-refractivity contribution in [2.24, 2.45) is 5.92 Å². The first-order valence-electron chi connectivity index (χ1n) is 33.2. The van der Waals surface area contributed by atoms with Crippen molar-refractivity contribution in [1.82, 2.24) is 38.9 Å². The molecule has 2 fully saturated rings. The summed E-state index contributed by atoms with van der Waals surface area (Å²) in [6.45, 7) is 1.25. The number of aromatic nitrogens is 4. The number of carbonyl (C=O) groups excluding carboxylic acids is 5. The summed E-state index contributed by atoms with van der Waals surface area (Å²) in [6.07, 6.45) is 6.92. The summed E-state index contributed by atoms with van der Waals surface area (Å²) in [5.41, 5.74) is 4.31. The predicted molar refractivity (Wildman–Crippen MR) is 360 cm³/mol. The lowest BCUT2D eigenvalue weighted by molar-refractivity contribution is -0.686. The van der Waals surface area contributed by atoms with Gasteiger partial charge in [-0.2, -0.15) is 4.57 Å². The molecule has 0 unspecified atom stereocenters. The van der Waals surface area contributed by atoms with Gasteiger partial charge in [0.05, 0.1) is 48.1 Å². The highest BCUT2D eigenvalue weighted by molar-refractivity contribution is 7.89. The minimum Gasteiger partial charge on any atom is -0.493 e. The number of ether oxygens (including phenoxy) is 8. The van der Waals surface area contributed by atoms with E-state index in [1.165, 1.54) is 63.3 Å². The van der Waals surface area contributed by atoms with Gasteiger partial charge < -0.3 is 83.0 Å². The number of unbranched alkanes of at least 4 members (excludes halogenated alkanes) is 6. The van der Waals surface area contributed by atoms with Crippen LogP contribution in [0.1, 0.15) is 88.2 Å². The second kappa shape index (κ2) is 32.7. The van der Waals surface area contributed by atoms with E-state index in [0.29, 0.717) is 64.4 Å². The number of likely N-dealkylation sites (N-methyl/N-ethyl adjacent to an activating group) is 4. The van der Waals surface area contributed by atoms with E-state index in [1.807, 2.05) is 31.4 Å². The van der Waals surface area contributed by atoms with Crippen molar-refractivity contribution >= 4 is 73.6 Å². The Kier molecular flexibility index (Phi) is 24.0. The summed E-state index contributed by atoms with van der Waals surface area (Å²) in [7, 11) is 7.95. The second-order valence-electron chi connectivity index (χ2n) is 25.4. The van der Waals surface area contributed by atoms with Gasteiger partial charge in [-0.1, -0.05) is 38.2 Å². The van der Waals surface area contributed by atoms with Crippen LogP contribution >= 0.6 is 0 Å². The van der Waals surface area contributed by atoms with E-state index in [4.69, 9.17) is 37.9 Å². The number of sulfonamides is 1. The van der Waals surface area contributed by atoms with Crippen LogP contribution in [0.2, 0.25) is 0 Å². The first-order chi connectivity index (χ1) is 47.1. The molecule has 3 aromatic heterocycles. The number of methoxy groups -OCH3 is 1. The average Bonchev–Trinajstić information content (AvgIpc) is 1.34. The molecular weight excluding hydrogens is 1290 g/mol. The number of benzene rings is 3. The molecule has 3 aromatic carbocycles. The highest BCUT2D eigenvalue weighted by atomic mass is 32.2. The molecule has 5 amide bonds. The summed E-state index contributed by atoms with van der Waals surface area (Å²) in [5, 5.41) is 36.1. The summed E-state index contributed by atoms with van der Waals surface area (Å²) in [4.78, 5) is 83.6. The number of aliphatic hydroxyl groups is 3. The van der Waals surface area contributed by atoms with Gasteiger partial charge in [0.2, 0.25) is 34.7 Å². The first-order valence-corrected chi connectivity index (χ1v) is 34.9. The summed E-state index contributed by atoms with van der Waals surface area (Å²) < 4.78 is 75.8. The monoisotopic (exact) mass is 1380 g/mol. The molecule has 3 aliphatic heterocycles. The molecule has 1 saturated carbocycles. The lowest BCUT2D eigenvalue weighted by Gasteiger charge is -2.35. The number of hydrogen-bond acceptors (Lipinski definition) is 21. The van der Waals surface area contributed by atoms with Crippen LogP contribution in [0.15, 0.2) is 73.3 Å². The van der Waals surface area contributed by atoms with E-state index < -0.39 is 52.9 Å². The SMILES string of the molecule is CNS(=O)(=O)CC1CCC(N(C)c2ncnc3c2ccn3C(=O)N(C)CCN(C)C(=O)OCc2ccc(O[C@@H]3OC[C@@H](O)[C@H](O)[C@H]3O)c(NC(=O)CCCCCCCCCOC(=O)N(C)CCN(C)C(=O)Oc3c(OC)ccc4cc5[n+](cc34)CCc3cc4c(cc3-5)OCO4)c2)CC1. The van der Waals surface area contributed by atoms with Gasteiger partial charge >= 0.3 is 24.3 Å². The molecule has 5 N–H and O–H groups in total. The minimum atomic E-state index is -3.30. The minimum absolute atomic E-state index is 0.0737. The molecule has 530 valence electrons. The maximum absolute atomic E-state index is 13.8. The Balaban J connectivity index is 0.622. The fraction of sp³-hybridized carbons (Fsp3) is 0.529. The van der Waals surface area contributed by atoms with Crippen LogP contribution in [0.3, 0.4) is 0 Å². The van der Waals surface area contributed by atoms with Crippen molar-refractivity contribution in [2.45, 2.75) is 127 Å². The number of aliphatic hydroxyl groups excluding tert-OH is 3. The molecule has 6 heterocycles. The zero-order valence-corrected chi connectivity index (χ0v) is 57.4. The van der Waals surface area contributed by atoms with E-state index in [0.717, 1.165) is 86.6 Å². The van der Waals surface area contributed by atoms with Crippen molar-refractivity contribution in [2.75, 3.05) is 112 Å². The lowest BCUT2D eigenvalue weighted by Crippen LogP contribution is -2.54. The van der Waals surface area contributed by atoms with E-state index in [1.54, 1.807) is 51.6 Å². The Morgan fingerprint density at radius 1 is 0.745 bits per heavy atom. The number of fused-ring (bicyclic) bond motifs is 6. The third-order valence-corrected chi connectivity index (χ3v) is 20.1. The molecule has 0 bridgehead atoms. The van der Waals surface area contributed by atoms with Crippen molar-refractivity contribution in [3.05, 3.63) is 84.4 Å². The number of nitrogens with zero attached hydrogens (tertiary/aromatic N) is 9. The molecule has 29 nitrogen and oxygen atoms in total. The Morgan fingerprint density at radius 3 is 2.14 bits per heavy atom. The number of pyridine rings is 1. The maximum atomic E-state index is 13.8. The summed E-state index contributed by atoms with van der Waals surface area (Å²) in [5.74, 6) is 2.76. The number of aryl methyl sites for hydroxylation is 2. The van der Waals surface area contributed by atoms with E-state index >= 15 is 0 Å². The largest absolute Gasteiger partial charge is 0.493 e. The molecule has 1 saturated heterocycles. The van der Waals surface area contributed by atoms with Gasteiger partial charge in [0.15, 0.2) is 41.4 Å². The third-order valence-electron chi connectivity index (χ3n) is 18.6. The van der Waals surface area contributed by atoms with Crippen molar-refractivity contribution < 1.29 is 90.2 Å². The number of hydrogen-bond donors (Lipinski definition) is 5. The molecule has 0 radical (unpaired) electrons. The molecule has 98 heavy (non-hydrogen) atoms. The molecule has 0 spiro atoms. The molecule has 4 aliphatic rings. The smallest absolute Gasteiger partial charge is 0.415 e. The number of amides is 5. The third kappa shape index (κ3) is 17.5. The number of carbonyl (C=O) groups is 5. The number of rotatable bonds is 28.